The van der Waals surface area contributed by atoms with Crippen LogP contribution in [0, 0.1) is 0 Å². The molecule has 0 aliphatic rings. The van der Waals surface area contributed by atoms with Gasteiger partial charge in [-0.2, -0.15) is 13.6 Å². The van der Waals surface area contributed by atoms with Crippen LogP contribution in [0.2, 0.25) is 0 Å². The Morgan fingerprint density at radius 3 is 1.79 bits per heavy atom. The van der Waals surface area contributed by atoms with Gasteiger partial charge in [-0.05, 0) is 55.5 Å². The second kappa shape index (κ2) is 6.69. The summed E-state index contributed by atoms with van der Waals surface area (Å²) in [6.07, 6.45) is 0. The van der Waals surface area contributed by atoms with E-state index in [2.05, 4.69) is 4.18 Å². The molecule has 9 heteroatoms. The van der Waals surface area contributed by atoms with Crippen LogP contribution in [0.4, 0.5) is 16.2 Å². The summed E-state index contributed by atoms with van der Waals surface area (Å²) in [7, 11) is -4.13. The predicted octanol–water partition coefficient (Wildman–Crippen LogP) is 1.69. The summed E-state index contributed by atoms with van der Waals surface area (Å²) in [4.78, 5) is 24.3. The molecular formula is C15H15N3O5S. The number of amides is 2. The SMILES string of the molecule is CC(=O)c1ccc(N(C(N)=O)c2ccc(OS(N)(=O)=O)cc2)cc1. The molecule has 4 N–H and O–H groups in total. The molecule has 2 amide bonds. The Kier molecular flexibility index (Phi) is 4.86. The molecule has 0 saturated carbocycles. The average Bonchev–Trinajstić information content (AvgIpc) is 2.48. The van der Waals surface area contributed by atoms with Gasteiger partial charge in [0.05, 0.1) is 11.4 Å². The molecule has 126 valence electrons. The Bertz CT molecular complexity index is 861. The molecule has 0 aliphatic carbocycles. The molecule has 0 aromatic heterocycles. The van der Waals surface area contributed by atoms with Gasteiger partial charge in [0.25, 0.3) is 0 Å². The number of primary amides is 1. The first-order valence-electron chi connectivity index (χ1n) is 6.70. The number of Topliss-reactive ketones (excluding diaryl/α,β-unsaturated/α-hetero) is 1. The second-order valence-corrected chi connectivity index (χ2v) is 6.00. The van der Waals surface area contributed by atoms with Crippen molar-refractivity contribution >= 4 is 33.5 Å². The Labute approximate surface area is 138 Å². The number of hydrogen-bond acceptors (Lipinski definition) is 5. The fourth-order valence-corrected chi connectivity index (χ4v) is 2.41. The van der Waals surface area contributed by atoms with E-state index in [0.29, 0.717) is 16.9 Å². The number of nitrogens with zero attached hydrogens (tertiary/aromatic N) is 1. The van der Waals surface area contributed by atoms with Crippen molar-refractivity contribution < 1.29 is 22.2 Å². The second-order valence-electron chi connectivity index (χ2n) is 4.85. The molecule has 0 unspecified atom stereocenters. The van der Waals surface area contributed by atoms with Crippen LogP contribution in [-0.2, 0) is 10.3 Å². The summed E-state index contributed by atoms with van der Waals surface area (Å²) in [5.74, 6) is -0.103. The van der Waals surface area contributed by atoms with Crippen molar-refractivity contribution in [2.45, 2.75) is 6.92 Å². The van der Waals surface area contributed by atoms with Crippen LogP contribution in [0.1, 0.15) is 17.3 Å². The maximum absolute atomic E-state index is 11.8. The van der Waals surface area contributed by atoms with Crippen molar-refractivity contribution in [3.63, 3.8) is 0 Å². The highest BCUT2D eigenvalue weighted by molar-refractivity contribution is 7.84. The van der Waals surface area contributed by atoms with E-state index in [4.69, 9.17) is 10.9 Å². The quantitative estimate of drug-likeness (QED) is 0.792. The summed E-state index contributed by atoms with van der Waals surface area (Å²) < 4.78 is 26.3. The molecule has 2 rings (SSSR count). The van der Waals surface area contributed by atoms with Crippen LogP contribution >= 0.6 is 0 Å². The third-order valence-corrected chi connectivity index (χ3v) is 3.48. The molecule has 2 aromatic carbocycles. The van der Waals surface area contributed by atoms with Crippen LogP contribution in [0.15, 0.2) is 48.5 Å². The van der Waals surface area contributed by atoms with E-state index in [1.54, 1.807) is 24.3 Å². The van der Waals surface area contributed by atoms with Gasteiger partial charge < -0.3 is 9.92 Å². The largest absolute Gasteiger partial charge is 0.380 e. The van der Waals surface area contributed by atoms with Crippen molar-refractivity contribution in [3.05, 3.63) is 54.1 Å². The highest BCUT2D eigenvalue weighted by Crippen LogP contribution is 2.27. The maximum Gasteiger partial charge on any atom is 0.380 e. The molecule has 24 heavy (non-hydrogen) atoms. The smallest absolute Gasteiger partial charge is 0.371 e. The number of hydrogen-bond donors (Lipinski definition) is 2. The zero-order chi connectivity index (χ0) is 17.9. The van der Waals surface area contributed by atoms with Gasteiger partial charge in [-0.1, -0.05) is 0 Å². The minimum absolute atomic E-state index is 0.00222. The third-order valence-electron chi connectivity index (χ3n) is 3.06. The lowest BCUT2D eigenvalue weighted by atomic mass is 10.1. The Morgan fingerprint density at radius 2 is 1.42 bits per heavy atom. The van der Waals surface area contributed by atoms with Gasteiger partial charge >= 0.3 is 16.3 Å². The van der Waals surface area contributed by atoms with Crippen LogP contribution in [0.5, 0.6) is 5.75 Å². The number of urea groups is 1. The van der Waals surface area contributed by atoms with Crippen LogP contribution in [-0.4, -0.2) is 20.2 Å². The van der Waals surface area contributed by atoms with Gasteiger partial charge in [-0.25, -0.2) is 4.79 Å². The first-order valence-corrected chi connectivity index (χ1v) is 8.17. The van der Waals surface area contributed by atoms with Crippen molar-refractivity contribution in [2.24, 2.45) is 10.9 Å². The zero-order valence-electron chi connectivity index (χ0n) is 12.7. The molecular weight excluding hydrogens is 334 g/mol. The predicted molar refractivity (Wildman–Crippen MR) is 88.3 cm³/mol. The lowest BCUT2D eigenvalue weighted by Crippen LogP contribution is -2.31. The minimum Gasteiger partial charge on any atom is -0.371 e. The first-order chi connectivity index (χ1) is 11.2. The van der Waals surface area contributed by atoms with Gasteiger partial charge in [0.15, 0.2) is 5.78 Å². The Morgan fingerprint density at radius 1 is 0.958 bits per heavy atom. The number of nitrogens with two attached hydrogens (primary N) is 2. The molecule has 8 nitrogen and oxygen atoms in total. The molecule has 0 atom stereocenters. The van der Waals surface area contributed by atoms with E-state index in [-0.39, 0.29) is 11.5 Å². The van der Waals surface area contributed by atoms with Crippen LogP contribution in [0.25, 0.3) is 0 Å². The fraction of sp³-hybridized carbons (Fsp3) is 0.0667. The topological polar surface area (TPSA) is 133 Å². The number of anilines is 2. The standard InChI is InChI=1S/C15H15N3O5S/c1-10(19)11-2-4-12(5-3-11)18(15(16)20)13-6-8-14(9-7-13)23-24(17,21)22/h2-9H,1H3,(H2,16,20)(H2,17,21,22). The van der Waals surface area contributed by atoms with Crippen molar-refractivity contribution in [3.8, 4) is 5.75 Å². The third kappa shape index (κ3) is 4.31. The Hall–Kier alpha value is -2.91. The molecule has 0 heterocycles. The first kappa shape index (κ1) is 17.4. The molecule has 2 aromatic rings. The normalized spacial score (nSPS) is 10.9. The summed E-state index contributed by atoms with van der Waals surface area (Å²) >= 11 is 0. The highest BCUT2D eigenvalue weighted by Gasteiger charge is 2.16. The lowest BCUT2D eigenvalue weighted by molar-refractivity contribution is 0.101. The minimum atomic E-state index is -4.13. The highest BCUT2D eigenvalue weighted by atomic mass is 32.2. The van der Waals surface area contributed by atoms with Gasteiger partial charge in [0.1, 0.15) is 5.75 Å². The van der Waals surface area contributed by atoms with Crippen molar-refractivity contribution in [1.29, 1.82) is 0 Å². The lowest BCUT2D eigenvalue weighted by Gasteiger charge is -2.21. The van der Waals surface area contributed by atoms with Crippen LogP contribution < -0.4 is 20.0 Å². The molecule has 0 spiro atoms. The monoisotopic (exact) mass is 349 g/mol. The fourth-order valence-electron chi connectivity index (χ4n) is 2.03. The maximum atomic E-state index is 11.8. The van der Waals surface area contributed by atoms with E-state index in [0.717, 1.165) is 0 Å². The van der Waals surface area contributed by atoms with E-state index < -0.39 is 16.3 Å². The van der Waals surface area contributed by atoms with E-state index in [1.165, 1.54) is 36.1 Å². The summed E-state index contributed by atoms with van der Waals surface area (Å²) in [5.41, 5.74) is 6.75. The number of carbonyl (C=O) groups excluding carboxylic acids is 2. The summed E-state index contributed by atoms with van der Waals surface area (Å²) in [6, 6.07) is 11.1. The van der Waals surface area contributed by atoms with Gasteiger partial charge in [0, 0.05) is 5.56 Å². The summed E-state index contributed by atoms with van der Waals surface area (Å²) in [5, 5.41) is 4.78. The van der Waals surface area contributed by atoms with Gasteiger partial charge in [-0.15, -0.1) is 0 Å². The number of carbonyl (C=O) groups is 2. The average molecular weight is 349 g/mol. The molecule has 0 aliphatic heterocycles. The summed E-state index contributed by atoms with van der Waals surface area (Å²) in [6.45, 7) is 1.44. The van der Waals surface area contributed by atoms with Crippen molar-refractivity contribution in [1.82, 2.24) is 0 Å². The Balaban J connectivity index is 2.34. The van der Waals surface area contributed by atoms with E-state index in [1.807, 2.05) is 0 Å². The van der Waals surface area contributed by atoms with Gasteiger partial charge in [0.2, 0.25) is 0 Å². The van der Waals surface area contributed by atoms with E-state index >= 15 is 0 Å². The number of rotatable bonds is 5. The molecule has 0 fully saturated rings. The number of benzene rings is 2. The van der Waals surface area contributed by atoms with E-state index in [9.17, 15) is 18.0 Å². The van der Waals surface area contributed by atoms with Crippen LogP contribution in [0.3, 0.4) is 0 Å². The molecule has 0 radical (unpaired) electrons. The number of ketones is 1. The van der Waals surface area contributed by atoms with Gasteiger partial charge in [-0.3, -0.25) is 9.69 Å². The molecule has 0 saturated heterocycles. The van der Waals surface area contributed by atoms with Crippen molar-refractivity contribution in [2.75, 3.05) is 4.90 Å². The zero-order valence-corrected chi connectivity index (χ0v) is 13.5. The molecule has 0 bridgehead atoms.